The Hall–Kier alpha value is -1.04. The second-order valence-corrected chi connectivity index (χ2v) is 4.86. The van der Waals surface area contributed by atoms with Crippen LogP contribution in [0.5, 0.6) is 0 Å². The fraction of sp³-hybridized carbons (Fsp3) is 0.417. The lowest BCUT2D eigenvalue weighted by molar-refractivity contribution is -0.132. The lowest BCUT2D eigenvalue weighted by Gasteiger charge is -2.20. The van der Waals surface area contributed by atoms with Gasteiger partial charge in [0.25, 0.3) is 0 Å². The van der Waals surface area contributed by atoms with E-state index < -0.39 is 12.6 Å². The Bertz CT molecular complexity index is 445. The van der Waals surface area contributed by atoms with Crippen LogP contribution in [0.1, 0.15) is 23.7 Å². The minimum absolute atomic E-state index is 0.0913. The molecule has 0 saturated carbocycles. The molecule has 0 aliphatic carbocycles. The van der Waals surface area contributed by atoms with E-state index in [2.05, 4.69) is 15.9 Å². The molecule has 0 bridgehead atoms. The van der Waals surface area contributed by atoms with Crippen molar-refractivity contribution < 1.29 is 18.0 Å². The zero-order chi connectivity index (χ0) is 13.9. The average Bonchev–Trinajstić information content (AvgIpc) is 2.24. The van der Waals surface area contributed by atoms with Crippen molar-refractivity contribution in [2.24, 2.45) is 0 Å². The van der Waals surface area contributed by atoms with Crippen molar-refractivity contribution in [1.29, 1.82) is 0 Å². The van der Waals surface area contributed by atoms with Gasteiger partial charge < -0.3 is 4.90 Å². The molecule has 0 spiro atoms. The number of Topliss-reactive ketones (excluding diaryl/α,β-unsaturated/α-hetero) is 1. The van der Waals surface area contributed by atoms with Crippen LogP contribution in [0.4, 0.5) is 18.9 Å². The molecule has 1 aromatic carbocycles. The molecule has 18 heavy (non-hydrogen) atoms. The maximum atomic E-state index is 12.1. The van der Waals surface area contributed by atoms with Gasteiger partial charge in [-0.15, -0.1) is 0 Å². The Labute approximate surface area is 112 Å². The number of anilines is 1. The Morgan fingerprint density at radius 1 is 1.39 bits per heavy atom. The summed E-state index contributed by atoms with van der Waals surface area (Å²) in [6.45, 7) is 1.32. The number of hydrogen-bond acceptors (Lipinski definition) is 2. The van der Waals surface area contributed by atoms with Gasteiger partial charge in [0, 0.05) is 29.3 Å². The van der Waals surface area contributed by atoms with E-state index in [9.17, 15) is 18.0 Å². The molecular weight excluding hydrogens is 311 g/mol. The molecule has 0 amide bonds. The summed E-state index contributed by atoms with van der Waals surface area (Å²) >= 11 is 3.24. The lowest BCUT2D eigenvalue weighted by Crippen LogP contribution is -2.24. The van der Waals surface area contributed by atoms with Crippen molar-refractivity contribution in [2.45, 2.75) is 19.5 Å². The predicted octanol–water partition coefficient (Wildman–Crippen LogP) is 4.04. The number of carbonyl (C=O) groups is 1. The van der Waals surface area contributed by atoms with E-state index in [0.29, 0.717) is 15.7 Å². The minimum atomic E-state index is -4.16. The topological polar surface area (TPSA) is 20.3 Å². The predicted molar refractivity (Wildman–Crippen MR) is 68.1 cm³/mol. The van der Waals surface area contributed by atoms with Crippen LogP contribution in [0.2, 0.25) is 0 Å². The smallest absolute Gasteiger partial charge is 0.374 e. The van der Waals surface area contributed by atoms with Crippen molar-refractivity contribution in [3.05, 3.63) is 28.2 Å². The van der Waals surface area contributed by atoms with Crippen LogP contribution in [0.15, 0.2) is 22.7 Å². The minimum Gasteiger partial charge on any atom is -0.374 e. The van der Waals surface area contributed by atoms with Crippen molar-refractivity contribution in [2.75, 3.05) is 18.5 Å². The third kappa shape index (κ3) is 4.33. The van der Waals surface area contributed by atoms with E-state index in [-0.39, 0.29) is 12.3 Å². The van der Waals surface area contributed by atoms with Crippen LogP contribution >= 0.6 is 15.9 Å². The summed E-state index contributed by atoms with van der Waals surface area (Å²) in [5.74, 6) is -0.0913. The van der Waals surface area contributed by atoms with Gasteiger partial charge in [-0.05, 0) is 41.1 Å². The molecule has 0 radical (unpaired) electrons. The molecular formula is C12H13BrF3NO. The first-order valence-electron chi connectivity index (χ1n) is 5.29. The van der Waals surface area contributed by atoms with Crippen LogP contribution in [-0.2, 0) is 0 Å². The van der Waals surface area contributed by atoms with Crippen molar-refractivity contribution in [1.82, 2.24) is 0 Å². The van der Waals surface area contributed by atoms with Gasteiger partial charge in [0.1, 0.15) is 0 Å². The monoisotopic (exact) mass is 323 g/mol. The van der Waals surface area contributed by atoms with Gasteiger partial charge in [-0.3, -0.25) is 4.79 Å². The Kier molecular flexibility index (Phi) is 4.78. The van der Waals surface area contributed by atoms with Gasteiger partial charge in [0.2, 0.25) is 0 Å². The molecule has 1 rings (SSSR count). The molecule has 0 aliphatic rings. The highest BCUT2D eigenvalue weighted by atomic mass is 79.9. The number of hydrogen-bond donors (Lipinski definition) is 0. The zero-order valence-electron chi connectivity index (χ0n) is 10.0. The molecule has 1 aromatic rings. The van der Waals surface area contributed by atoms with Crippen molar-refractivity contribution in [3.63, 3.8) is 0 Å². The molecule has 0 saturated heterocycles. The normalized spacial score (nSPS) is 11.4. The van der Waals surface area contributed by atoms with Crippen LogP contribution in [0.25, 0.3) is 0 Å². The van der Waals surface area contributed by atoms with Crippen LogP contribution in [0, 0.1) is 0 Å². The third-order valence-corrected chi connectivity index (χ3v) is 3.16. The van der Waals surface area contributed by atoms with Gasteiger partial charge in [-0.2, -0.15) is 13.2 Å². The maximum absolute atomic E-state index is 12.1. The van der Waals surface area contributed by atoms with Crippen molar-refractivity contribution in [3.8, 4) is 0 Å². The molecule has 0 fully saturated rings. The SMILES string of the molecule is CC(=O)c1ccc(N(C)CCC(F)(F)F)cc1Br. The first-order valence-corrected chi connectivity index (χ1v) is 6.08. The summed E-state index contributed by atoms with van der Waals surface area (Å²) in [4.78, 5) is 12.7. The summed E-state index contributed by atoms with van der Waals surface area (Å²) in [5, 5.41) is 0. The lowest BCUT2D eigenvalue weighted by atomic mass is 10.1. The standard InChI is InChI=1S/C12H13BrF3NO/c1-8(18)10-4-3-9(7-11(10)13)17(2)6-5-12(14,15)16/h3-4,7H,5-6H2,1-2H3. The summed E-state index contributed by atoms with van der Waals surface area (Å²) in [6, 6.07) is 4.89. The van der Waals surface area contributed by atoms with Crippen molar-refractivity contribution >= 4 is 27.4 Å². The first-order chi connectivity index (χ1) is 8.20. The van der Waals surface area contributed by atoms with Gasteiger partial charge >= 0.3 is 6.18 Å². The second kappa shape index (κ2) is 5.73. The Morgan fingerprint density at radius 3 is 2.44 bits per heavy atom. The Morgan fingerprint density at radius 2 is 2.00 bits per heavy atom. The quantitative estimate of drug-likeness (QED) is 0.779. The molecule has 100 valence electrons. The van der Waals surface area contributed by atoms with E-state index in [1.165, 1.54) is 11.8 Å². The van der Waals surface area contributed by atoms with Gasteiger partial charge in [-0.1, -0.05) is 0 Å². The van der Waals surface area contributed by atoms with Gasteiger partial charge in [0.15, 0.2) is 5.78 Å². The van der Waals surface area contributed by atoms with Gasteiger partial charge in [0.05, 0.1) is 6.42 Å². The van der Waals surface area contributed by atoms with E-state index in [0.717, 1.165) is 0 Å². The highest BCUT2D eigenvalue weighted by Gasteiger charge is 2.27. The first kappa shape index (κ1) is 15.0. The number of nitrogens with zero attached hydrogens (tertiary/aromatic N) is 1. The number of carbonyl (C=O) groups excluding carboxylic acids is 1. The fourth-order valence-corrected chi connectivity index (χ4v) is 2.10. The zero-order valence-corrected chi connectivity index (χ0v) is 11.6. The molecule has 0 atom stereocenters. The molecule has 6 heteroatoms. The fourth-order valence-electron chi connectivity index (χ4n) is 1.45. The highest BCUT2D eigenvalue weighted by molar-refractivity contribution is 9.10. The summed E-state index contributed by atoms with van der Waals surface area (Å²) in [6.07, 6.45) is -5.03. The highest BCUT2D eigenvalue weighted by Crippen LogP contribution is 2.26. The molecule has 2 nitrogen and oxygen atoms in total. The summed E-state index contributed by atoms with van der Waals surface area (Å²) in [7, 11) is 1.58. The molecule has 0 N–H and O–H groups in total. The Balaban J connectivity index is 2.78. The second-order valence-electron chi connectivity index (χ2n) is 4.01. The number of alkyl halides is 3. The van der Waals surface area contributed by atoms with E-state index in [4.69, 9.17) is 0 Å². The molecule has 0 aromatic heterocycles. The molecule has 0 unspecified atom stereocenters. The number of halogens is 4. The molecule has 0 heterocycles. The van der Waals surface area contributed by atoms with Gasteiger partial charge in [-0.25, -0.2) is 0 Å². The average molecular weight is 324 g/mol. The van der Waals surface area contributed by atoms with E-state index >= 15 is 0 Å². The number of rotatable bonds is 4. The van der Waals surface area contributed by atoms with E-state index in [1.54, 1.807) is 25.2 Å². The maximum Gasteiger partial charge on any atom is 0.390 e. The van der Waals surface area contributed by atoms with Crippen LogP contribution < -0.4 is 4.90 Å². The summed E-state index contributed by atoms with van der Waals surface area (Å²) < 4.78 is 36.9. The van der Waals surface area contributed by atoms with Crippen LogP contribution in [0.3, 0.4) is 0 Å². The largest absolute Gasteiger partial charge is 0.390 e. The third-order valence-electron chi connectivity index (χ3n) is 2.50. The summed E-state index contributed by atoms with van der Waals surface area (Å²) in [5.41, 5.74) is 1.15. The van der Waals surface area contributed by atoms with Crippen LogP contribution in [-0.4, -0.2) is 25.6 Å². The molecule has 0 aliphatic heterocycles. The number of benzene rings is 1. The number of ketones is 1. The van der Waals surface area contributed by atoms with E-state index in [1.807, 2.05) is 0 Å².